The number of benzene rings is 1. The van der Waals surface area contributed by atoms with E-state index in [4.69, 9.17) is 11.6 Å². The topological polar surface area (TPSA) is 42.3 Å². The highest BCUT2D eigenvalue weighted by molar-refractivity contribution is 6.31. The molecule has 0 atom stereocenters. The quantitative estimate of drug-likeness (QED) is 0.852. The lowest BCUT2D eigenvalue weighted by Gasteiger charge is -2.22. The van der Waals surface area contributed by atoms with Crippen LogP contribution in [0.2, 0.25) is 5.02 Å². The van der Waals surface area contributed by atoms with Gasteiger partial charge in [-0.15, -0.1) is 0 Å². The molecule has 1 heterocycles. The largest absolute Gasteiger partial charge is 0.337 e. The Morgan fingerprint density at radius 3 is 2.57 bits per heavy atom. The van der Waals surface area contributed by atoms with E-state index in [0.29, 0.717) is 18.1 Å². The van der Waals surface area contributed by atoms with Gasteiger partial charge >= 0.3 is 0 Å². The molecule has 0 bridgehead atoms. The zero-order valence-corrected chi connectivity index (χ0v) is 12.6. The summed E-state index contributed by atoms with van der Waals surface area (Å²) in [4.78, 5) is 25.7. The summed E-state index contributed by atoms with van der Waals surface area (Å²) in [5.41, 5.74) is 0.717. The molecule has 1 aromatic carbocycles. The third-order valence-electron chi connectivity index (χ3n) is 3.26. The Labute approximate surface area is 128 Å². The minimum absolute atomic E-state index is 0.0396. The molecule has 4 nitrogen and oxygen atoms in total. The Hall–Kier alpha value is -2.07. The van der Waals surface area contributed by atoms with E-state index in [1.807, 2.05) is 25.1 Å². The Kier molecular flexibility index (Phi) is 5.17. The number of likely N-dealkylation sites (N-methyl/N-ethyl adjacent to an activating group) is 1. The third-order valence-corrected chi connectivity index (χ3v) is 3.63. The van der Waals surface area contributed by atoms with Gasteiger partial charge in [-0.2, -0.15) is 0 Å². The third kappa shape index (κ3) is 3.95. The smallest absolute Gasteiger partial charge is 0.250 e. The summed E-state index contributed by atoms with van der Waals surface area (Å²) in [6, 6.07) is 12.3. The molecule has 0 saturated carbocycles. The minimum Gasteiger partial charge on any atom is -0.337 e. The number of aromatic nitrogens is 1. The number of hydrogen-bond acceptors (Lipinski definition) is 2. The molecule has 0 spiro atoms. The molecule has 0 radical (unpaired) electrons. The molecule has 2 aromatic rings. The first-order chi connectivity index (χ1) is 10.1. The summed E-state index contributed by atoms with van der Waals surface area (Å²) >= 11 is 6.12. The fourth-order valence-electron chi connectivity index (χ4n) is 2.05. The van der Waals surface area contributed by atoms with Gasteiger partial charge in [-0.25, -0.2) is 0 Å². The molecule has 0 aliphatic carbocycles. The Balaban J connectivity index is 2.11. The lowest BCUT2D eigenvalue weighted by atomic mass is 10.2. The van der Waals surface area contributed by atoms with E-state index in [-0.39, 0.29) is 18.0 Å². The molecule has 21 heavy (non-hydrogen) atoms. The zero-order chi connectivity index (χ0) is 15.2. The molecule has 0 fully saturated rings. The highest BCUT2D eigenvalue weighted by Crippen LogP contribution is 2.17. The average molecular weight is 305 g/mol. The molecule has 5 heteroatoms. The van der Waals surface area contributed by atoms with Crippen molar-refractivity contribution in [2.45, 2.75) is 20.0 Å². The molecule has 110 valence electrons. The molecule has 0 aliphatic rings. The Morgan fingerprint density at radius 2 is 1.90 bits per heavy atom. The van der Waals surface area contributed by atoms with Crippen LogP contribution in [0.15, 0.2) is 53.5 Å². The maximum atomic E-state index is 12.3. The van der Waals surface area contributed by atoms with Crippen molar-refractivity contribution < 1.29 is 4.79 Å². The number of halogens is 1. The monoisotopic (exact) mass is 304 g/mol. The molecule has 0 unspecified atom stereocenters. The summed E-state index contributed by atoms with van der Waals surface area (Å²) in [7, 11) is 0. The van der Waals surface area contributed by atoms with E-state index in [1.165, 1.54) is 10.6 Å². The van der Waals surface area contributed by atoms with E-state index in [1.54, 1.807) is 29.3 Å². The lowest BCUT2D eigenvalue weighted by Crippen LogP contribution is -2.35. The van der Waals surface area contributed by atoms with Gasteiger partial charge < -0.3 is 9.47 Å². The average Bonchev–Trinajstić information content (AvgIpc) is 2.48. The lowest BCUT2D eigenvalue weighted by molar-refractivity contribution is -0.132. The van der Waals surface area contributed by atoms with Gasteiger partial charge in [0.2, 0.25) is 5.91 Å². The van der Waals surface area contributed by atoms with Crippen molar-refractivity contribution in [2.24, 2.45) is 0 Å². The van der Waals surface area contributed by atoms with E-state index in [0.717, 1.165) is 5.56 Å². The van der Waals surface area contributed by atoms with Crippen LogP contribution in [0.4, 0.5) is 0 Å². The van der Waals surface area contributed by atoms with Crippen LogP contribution < -0.4 is 5.56 Å². The zero-order valence-electron chi connectivity index (χ0n) is 11.8. The van der Waals surface area contributed by atoms with E-state index in [9.17, 15) is 9.59 Å². The molecule has 2 rings (SSSR count). The molecule has 0 N–H and O–H groups in total. The van der Waals surface area contributed by atoms with E-state index >= 15 is 0 Å². The molecule has 1 amide bonds. The van der Waals surface area contributed by atoms with Gasteiger partial charge in [-0.05, 0) is 24.6 Å². The number of carbonyl (C=O) groups is 1. The van der Waals surface area contributed by atoms with Crippen LogP contribution in [0.25, 0.3) is 0 Å². The highest BCUT2D eigenvalue weighted by atomic mass is 35.5. The van der Waals surface area contributed by atoms with Crippen LogP contribution in [0.1, 0.15) is 12.5 Å². The minimum atomic E-state index is -0.181. The van der Waals surface area contributed by atoms with Gasteiger partial charge in [0.15, 0.2) is 0 Å². The maximum Gasteiger partial charge on any atom is 0.250 e. The van der Waals surface area contributed by atoms with Crippen molar-refractivity contribution in [3.8, 4) is 0 Å². The van der Waals surface area contributed by atoms with Crippen molar-refractivity contribution in [3.63, 3.8) is 0 Å². The number of nitrogens with zero attached hydrogens (tertiary/aromatic N) is 2. The van der Waals surface area contributed by atoms with Crippen LogP contribution in [0.3, 0.4) is 0 Å². The Bertz CT molecular complexity index is 682. The molecule has 1 aromatic heterocycles. The molecule has 0 saturated heterocycles. The first kappa shape index (κ1) is 15.3. The fourth-order valence-corrected chi connectivity index (χ4v) is 2.24. The summed E-state index contributed by atoms with van der Waals surface area (Å²) in [6.45, 7) is 2.95. The number of hydrogen-bond donors (Lipinski definition) is 0. The number of rotatable bonds is 5. The van der Waals surface area contributed by atoms with E-state index in [2.05, 4.69) is 0 Å². The predicted octanol–water partition coefficient (Wildman–Crippen LogP) is 2.55. The van der Waals surface area contributed by atoms with Crippen LogP contribution in [-0.4, -0.2) is 21.9 Å². The SMILES string of the molecule is CCN(Cc1ccccc1Cl)C(=O)Cn1ccccc1=O. The van der Waals surface area contributed by atoms with Gasteiger partial charge in [-0.1, -0.05) is 35.9 Å². The fraction of sp³-hybridized carbons (Fsp3) is 0.250. The van der Waals surface area contributed by atoms with Gasteiger partial charge in [0.25, 0.3) is 5.56 Å². The standard InChI is InChI=1S/C16H17ClN2O2/c1-2-18(11-13-7-3-4-8-14(13)17)16(21)12-19-10-6-5-9-15(19)20/h3-10H,2,11-12H2,1H3. The number of amides is 1. The van der Waals surface area contributed by atoms with E-state index < -0.39 is 0 Å². The van der Waals surface area contributed by atoms with Crippen LogP contribution in [-0.2, 0) is 17.9 Å². The summed E-state index contributed by atoms with van der Waals surface area (Å²) < 4.78 is 1.40. The Morgan fingerprint density at radius 1 is 1.19 bits per heavy atom. The van der Waals surface area contributed by atoms with Crippen molar-refractivity contribution in [3.05, 3.63) is 69.6 Å². The van der Waals surface area contributed by atoms with Crippen molar-refractivity contribution in [1.82, 2.24) is 9.47 Å². The number of carbonyl (C=O) groups excluding carboxylic acids is 1. The van der Waals surface area contributed by atoms with Crippen LogP contribution in [0.5, 0.6) is 0 Å². The first-order valence-corrected chi connectivity index (χ1v) is 7.16. The van der Waals surface area contributed by atoms with Crippen LogP contribution >= 0.6 is 11.6 Å². The van der Waals surface area contributed by atoms with Gasteiger partial charge in [0, 0.05) is 30.4 Å². The van der Waals surface area contributed by atoms with Crippen molar-refractivity contribution >= 4 is 17.5 Å². The van der Waals surface area contributed by atoms with Gasteiger partial charge in [0.05, 0.1) is 0 Å². The normalized spacial score (nSPS) is 10.4. The van der Waals surface area contributed by atoms with Crippen LogP contribution in [0, 0.1) is 0 Å². The second kappa shape index (κ2) is 7.09. The second-order valence-electron chi connectivity index (χ2n) is 4.67. The molecule has 0 aliphatic heterocycles. The number of pyridine rings is 1. The summed E-state index contributed by atoms with van der Waals surface area (Å²) in [6.07, 6.45) is 1.61. The van der Waals surface area contributed by atoms with Crippen molar-refractivity contribution in [2.75, 3.05) is 6.54 Å². The van der Waals surface area contributed by atoms with Gasteiger partial charge in [0.1, 0.15) is 6.54 Å². The first-order valence-electron chi connectivity index (χ1n) is 6.78. The summed E-state index contributed by atoms with van der Waals surface area (Å²) in [5.74, 6) is -0.106. The predicted molar refractivity (Wildman–Crippen MR) is 83.2 cm³/mol. The van der Waals surface area contributed by atoms with Gasteiger partial charge in [-0.3, -0.25) is 9.59 Å². The van der Waals surface area contributed by atoms with Crippen molar-refractivity contribution in [1.29, 1.82) is 0 Å². The molecular weight excluding hydrogens is 288 g/mol. The molecular formula is C16H17ClN2O2. The highest BCUT2D eigenvalue weighted by Gasteiger charge is 2.14. The summed E-state index contributed by atoms with van der Waals surface area (Å²) in [5, 5.41) is 0.639. The maximum absolute atomic E-state index is 12.3. The second-order valence-corrected chi connectivity index (χ2v) is 5.07.